The number of amides is 1. The van der Waals surface area contributed by atoms with Gasteiger partial charge in [0.15, 0.2) is 0 Å². The van der Waals surface area contributed by atoms with Crippen molar-refractivity contribution < 1.29 is 14.3 Å². The number of hydrogen-bond acceptors (Lipinski definition) is 3. The fraction of sp³-hybridized carbons (Fsp3) is 0.909. The first-order valence-electron chi connectivity index (χ1n) is 5.59. The Morgan fingerprint density at radius 1 is 1.47 bits per heavy atom. The third kappa shape index (κ3) is 4.51. The average molecular weight is 215 g/mol. The van der Waals surface area contributed by atoms with E-state index in [9.17, 15) is 4.79 Å². The van der Waals surface area contributed by atoms with Crippen molar-refractivity contribution in [3.8, 4) is 0 Å². The van der Waals surface area contributed by atoms with Gasteiger partial charge in [-0.2, -0.15) is 0 Å². The summed E-state index contributed by atoms with van der Waals surface area (Å²) in [6.07, 6.45) is 1.81. The van der Waals surface area contributed by atoms with Crippen LogP contribution >= 0.6 is 0 Å². The molecule has 88 valence electrons. The molecule has 1 amide bonds. The summed E-state index contributed by atoms with van der Waals surface area (Å²) in [5.41, 5.74) is 0. The molecule has 1 fully saturated rings. The van der Waals surface area contributed by atoms with Gasteiger partial charge in [0.25, 0.3) is 0 Å². The third-order valence-corrected chi connectivity index (χ3v) is 2.52. The summed E-state index contributed by atoms with van der Waals surface area (Å²) in [5, 5.41) is 0. The van der Waals surface area contributed by atoms with Gasteiger partial charge in [-0.05, 0) is 32.6 Å². The van der Waals surface area contributed by atoms with Gasteiger partial charge < -0.3 is 14.4 Å². The first kappa shape index (κ1) is 12.3. The van der Waals surface area contributed by atoms with Gasteiger partial charge in [-0.1, -0.05) is 0 Å². The maximum atomic E-state index is 11.5. The number of ether oxygens (including phenoxy) is 2. The van der Waals surface area contributed by atoms with Gasteiger partial charge >= 0.3 is 6.09 Å². The maximum absolute atomic E-state index is 11.5. The Morgan fingerprint density at radius 3 is 2.60 bits per heavy atom. The zero-order valence-corrected chi connectivity index (χ0v) is 9.86. The van der Waals surface area contributed by atoms with E-state index in [1.807, 2.05) is 13.8 Å². The molecule has 0 atom stereocenters. The summed E-state index contributed by atoms with van der Waals surface area (Å²) >= 11 is 0. The molecule has 0 aromatic rings. The molecule has 0 aliphatic carbocycles. The van der Waals surface area contributed by atoms with Crippen molar-refractivity contribution in [3.05, 3.63) is 0 Å². The van der Waals surface area contributed by atoms with Crippen LogP contribution in [0.5, 0.6) is 0 Å². The van der Waals surface area contributed by atoms with Crippen LogP contribution in [-0.2, 0) is 9.47 Å². The first-order chi connectivity index (χ1) is 7.09. The van der Waals surface area contributed by atoms with Crippen molar-refractivity contribution >= 4 is 6.09 Å². The first-order valence-corrected chi connectivity index (χ1v) is 5.59. The highest BCUT2D eigenvalue weighted by molar-refractivity contribution is 5.67. The van der Waals surface area contributed by atoms with E-state index in [4.69, 9.17) is 9.47 Å². The van der Waals surface area contributed by atoms with Crippen molar-refractivity contribution in [2.75, 3.05) is 26.8 Å². The van der Waals surface area contributed by atoms with Gasteiger partial charge in [0, 0.05) is 26.8 Å². The van der Waals surface area contributed by atoms with Crippen molar-refractivity contribution in [2.24, 2.45) is 5.92 Å². The smallest absolute Gasteiger partial charge is 0.409 e. The van der Waals surface area contributed by atoms with Crippen LogP contribution in [0.1, 0.15) is 26.7 Å². The maximum Gasteiger partial charge on any atom is 0.409 e. The van der Waals surface area contributed by atoms with Crippen LogP contribution in [0.2, 0.25) is 0 Å². The molecule has 4 heteroatoms. The third-order valence-electron chi connectivity index (χ3n) is 2.52. The predicted molar refractivity (Wildman–Crippen MR) is 57.8 cm³/mol. The van der Waals surface area contributed by atoms with E-state index in [-0.39, 0.29) is 12.2 Å². The van der Waals surface area contributed by atoms with Crippen LogP contribution in [0.4, 0.5) is 4.79 Å². The molecule has 4 nitrogen and oxygen atoms in total. The highest BCUT2D eigenvalue weighted by atomic mass is 16.6. The monoisotopic (exact) mass is 215 g/mol. The molecule has 1 saturated heterocycles. The summed E-state index contributed by atoms with van der Waals surface area (Å²) in [4.78, 5) is 13.2. The average Bonchev–Trinajstić information content (AvgIpc) is 2.18. The molecule has 0 spiro atoms. The van der Waals surface area contributed by atoms with Crippen LogP contribution in [0, 0.1) is 5.92 Å². The second-order valence-corrected chi connectivity index (χ2v) is 4.37. The van der Waals surface area contributed by atoms with Gasteiger partial charge in [-0.15, -0.1) is 0 Å². The molecule has 0 unspecified atom stereocenters. The molecule has 0 radical (unpaired) electrons. The summed E-state index contributed by atoms with van der Waals surface area (Å²) in [6, 6.07) is 0. The van der Waals surface area contributed by atoms with Gasteiger partial charge in [-0.3, -0.25) is 0 Å². The topological polar surface area (TPSA) is 38.8 Å². The largest absolute Gasteiger partial charge is 0.447 e. The van der Waals surface area contributed by atoms with Gasteiger partial charge in [0.2, 0.25) is 0 Å². The number of nitrogens with zero attached hydrogens (tertiary/aromatic N) is 1. The lowest BCUT2D eigenvalue weighted by molar-refractivity contribution is 0.0452. The second-order valence-electron chi connectivity index (χ2n) is 4.37. The normalized spacial score (nSPS) is 17.9. The van der Waals surface area contributed by atoms with E-state index >= 15 is 0 Å². The van der Waals surface area contributed by atoms with Crippen molar-refractivity contribution in [1.29, 1.82) is 0 Å². The van der Waals surface area contributed by atoms with Gasteiger partial charge in [0.1, 0.15) is 0 Å². The molecule has 1 aliphatic heterocycles. The Kier molecular flexibility index (Phi) is 4.88. The van der Waals surface area contributed by atoms with Crippen molar-refractivity contribution in [3.63, 3.8) is 0 Å². The molecule has 1 heterocycles. The number of hydrogen-bond donors (Lipinski definition) is 0. The minimum absolute atomic E-state index is 0.0466. The standard InChI is InChI=1S/C11H21NO3/c1-9(2)15-11(13)12(3)8-10-4-6-14-7-5-10/h9-10H,4-8H2,1-3H3. The Bertz CT molecular complexity index is 200. The number of carbonyl (C=O) groups is 1. The van der Waals surface area contributed by atoms with Crippen LogP contribution < -0.4 is 0 Å². The fourth-order valence-electron chi connectivity index (χ4n) is 1.68. The predicted octanol–water partition coefficient (Wildman–Crippen LogP) is 1.89. The van der Waals surface area contributed by atoms with Crippen LogP contribution in [-0.4, -0.2) is 43.9 Å². The zero-order valence-electron chi connectivity index (χ0n) is 9.86. The minimum atomic E-state index is -0.225. The van der Waals surface area contributed by atoms with Crippen LogP contribution in [0.15, 0.2) is 0 Å². The van der Waals surface area contributed by atoms with Crippen molar-refractivity contribution in [2.45, 2.75) is 32.8 Å². The Balaban J connectivity index is 2.26. The van der Waals surface area contributed by atoms with E-state index in [1.165, 1.54) is 0 Å². The summed E-state index contributed by atoms with van der Waals surface area (Å²) in [6.45, 7) is 6.13. The highest BCUT2D eigenvalue weighted by Crippen LogP contribution is 2.15. The van der Waals surface area contributed by atoms with Crippen LogP contribution in [0.3, 0.4) is 0 Å². The Morgan fingerprint density at radius 2 is 2.07 bits per heavy atom. The van der Waals surface area contributed by atoms with E-state index in [0.717, 1.165) is 32.6 Å². The molecule has 0 N–H and O–H groups in total. The fourth-order valence-corrected chi connectivity index (χ4v) is 1.68. The summed E-state index contributed by atoms with van der Waals surface area (Å²) < 4.78 is 10.4. The molecule has 1 rings (SSSR count). The Labute approximate surface area is 91.5 Å². The molecule has 0 aromatic carbocycles. The van der Waals surface area contributed by atoms with Crippen LogP contribution in [0.25, 0.3) is 0 Å². The summed E-state index contributed by atoms with van der Waals surface area (Å²) in [7, 11) is 1.79. The minimum Gasteiger partial charge on any atom is -0.447 e. The van der Waals surface area contributed by atoms with E-state index in [0.29, 0.717) is 5.92 Å². The Hall–Kier alpha value is -0.770. The highest BCUT2D eigenvalue weighted by Gasteiger charge is 2.19. The molecule has 15 heavy (non-hydrogen) atoms. The molecular weight excluding hydrogens is 194 g/mol. The molecule has 0 saturated carbocycles. The quantitative estimate of drug-likeness (QED) is 0.721. The zero-order chi connectivity index (χ0) is 11.3. The number of rotatable bonds is 3. The molecule has 0 bridgehead atoms. The molecular formula is C11H21NO3. The lowest BCUT2D eigenvalue weighted by atomic mass is 10.0. The number of carbonyl (C=O) groups excluding carboxylic acids is 1. The van der Waals surface area contributed by atoms with E-state index in [1.54, 1.807) is 11.9 Å². The second kappa shape index (κ2) is 5.95. The lowest BCUT2D eigenvalue weighted by Gasteiger charge is -2.27. The van der Waals surface area contributed by atoms with Gasteiger partial charge in [0.05, 0.1) is 6.10 Å². The lowest BCUT2D eigenvalue weighted by Crippen LogP contribution is -2.35. The molecule has 1 aliphatic rings. The van der Waals surface area contributed by atoms with E-state index in [2.05, 4.69) is 0 Å². The van der Waals surface area contributed by atoms with Crippen molar-refractivity contribution in [1.82, 2.24) is 4.90 Å². The summed E-state index contributed by atoms with van der Waals surface area (Å²) in [5.74, 6) is 0.559. The van der Waals surface area contributed by atoms with Gasteiger partial charge in [-0.25, -0.2) is 4.79 Å². The SMILES string of the molecule is CC(C)OC(=O)N(C)CC1CCOCC1. The molecule has 0 aromatic heterocycles. The van der Waals surface area contributed by atoms with E-state index < -0.39 is 0 Å².